The number of ketones is 1. The summed E-state index contributed by atoms with van der Waals surface area (Å²) in [7, 11) is 0. The molecule has 5 rings (SSSR count). The highest BCUT2D eigenvalue weighted by atomic mass is 16.5. The molecule has 0 saturated heterocycles. The predicted molar refractivity (Wildman–Crippen MR) is 123 cm³/mol. The van der Waals surface area contributed by atoms with Crippen molar-refractivity contribution in [3.8, 4) is 11.5 Å². The highest BCUT2D eigenvalue weighted by Crippen LogP contribution is 2.32. The number of hydrogen-bond acceptors (Lipinski definition) is 3. The van der Waals surface area contributed by atoms with E-state index >= 15 is 0 Å². The van der Waals surface area contributed by atoms with Crippen LogP contribution in [0.1, 0.15) is 34.1 Å². The van der Waals surface area contributed by atoms with Gasteiger partial charge in [-0.15, -0.1) is 0 Å². The predicted octanol–water partition coefficient (Wildman–Crippen LogP) is 5.64. The summed E-state index contributed by atoms with van der Waals surface area (Å²) in [5.74, 6) is 1.08. The molecule has 0 spiro atoms. The van der Waals surface area contributed by atoms with Gasteiger partial charge in [0.15, 0.2) is 0 Å². The van der Waals surface area contributed by atoms with Gasteiger partial charge in [0.1, 0.15) is 11.5 Å². The molecular weight excluding hydrogens is 400 g/mol. The molecule has 0 saturated carbocycles. The van der Waals surface area contributed by atoms with Crippen LogP contribution in [-0.2, 0) is 11.3 Å². The maximum Gasteiger partial charge on any atom is 0.233 e. The Morgan fingerprint density at radius 3 is 2.16 bits per heavy atom. The summed E-state index contributed by atoms with van der Waals surface area (Å²) in [6.07, 6.45) is 0.673. The number of anilines is 1. The first-order chi connectivity index (χ1) is 15.7. The summed E-state index contributed by atoms with van der Waals surface area (Å²) < 4.78 is 7.77. The second-order valence-electron chi connectivity index (χ2n) is 7.76. The van der Waals surface area contributed by atoms with Gasteiger partial charge in [-0.3, -0.25) is 9.59 Å². The fraction of sp³-hybridized carbons (Fsp3) is 0.111. The molecule has 1 atom stereocenters. The number of aromatic nitrogens is 1. The monoisotopic (exact) mass is 422 g/mol. The molecule has 1 aliphatic rings. The third-order valence-electron chi connectivity index (χ3n) is 5.70. The Morgan fingerprint density at radius 2 is 1.44 bits per heavy atom. The SMILES string of the molecule is O=C(c1ccccc1)c1ccc2n1CCC2C(=O)Nc1ccc(Oc2ccccc2)cc1. The van der Waals surface area contributed by atoms with E-state index in [1.807, 2.05) is 102 Å². The molecule has 32 heavy (non-hydrogen) atoms. The van der Waals surface area contributed by atoms with Gasteiger partial charge in [0.05, 0.1) is 11.6 Å². The molecule has 1 amide bonds. The second kappa shape index (κ2) is 8.55. The first kappa shape index (κ1) is 19.8. The first-order valence-electron chi connectivity index (χ1n) is 10.6. The van der Waals surface area contributed by atoms with Crippen molar-refractivity contribution in [3.05, 3.63) is 114 Å². The summed E-state index contributed by atoms with van der Waals surface area (Å²) >= 11 is 0. The Hall–Kier alpha value is -4.12. The lowest BCUT2D eigenvalue weighted by atomic mass is 10.0. The Morgan fingerprint density at radius 1 is 0.781 bits per heavy atom. The molecule has 1 N–H and O–H groups in total. The van der Waals surface area contributed by atoms with E-state index in [-0.39, 0.29) is 17.6 Å². The van der Waals surface area contributed by atoms with Crippen LogP contribution in [0.15, 0.2) is 97.1 Å². The molecule has 0 aliphatic carbocycles. The molecular formula is C27H22N2O3. The smallest absolute Gasteiger partial charge is 0.233 e. The van der Waals surface area contributed by atoms with Gasteiger partial charge in [0.25, 0.3) is 0 Å². The number of rotatable bonds is 6. The molecule has 3 aromatic carbocycles. The van der Waals surface area contributed by atoms with E-state index in [9.17, 15) is 9.59 Å². The third-order valence-corrected chi connectivity index (χ3v) is 5.70. The molecule has 5 nitrogen and oxygen atoms in total. The number of amides is 1. The number of ether oxygens (including phenoxy) is 1. The normalized spacial score (nSPS) is 14.6. The van der Waals surface area contributed by atoms with Crippen molar-refractivity contribution in [2.75, 3.05) is 5.32 Å². The zero-order chi connectivity index (χ0) is 21.9. The lowest BCUT2D eigenvalue weighted by Gasteiger charge is -2.12. The summed E-state index contributed by atoms with van der Waals surface area (Å²) in [5.41, 5.74) is 2.87. The number of carbonyl (C=O) groups is 2. The topological polar surface area (TPSA) is 60.3 Å². The largest absolute Gasteiger partial charge is 0.457 e. The molecule has 5 heteroatoms. The van der Waals surface area contributed by atoms with Crippen LogP contribution in [0.4, 0.5) is 5.69 Å². The van der Waals surface area contributed by atoms with Crippen LogP contribution in [0, 0.1) is 0 Å². The van der Waals surface area contributed by atoms with Crippen LogP contribution in [0.2, 0.25) is 0 Å². The standard InChI is InChI=1S/C27H22N2O3/c30-26(19-7-3-1-4-8-19)25-16-15-24-23(17-18-29(24)25)27(31)28-20-11-13-22(14-12-20)32-21-9-5-2-6-10-21/h1-16,23H,17-18H2,(H,28,31). The van der Waals surface area contributed by atoms with Crippen LogP contribution >= 0.6 is 0 Å². The van der Waals surface area contributed by atoms with Crippen molar-refractivity contribution in [2.24, 2.45) is 0 Å². The molecule has 4 aromatic rings. The molecule has 158 valence electrons. The molecule has 0 radical (unpaired) electrons. The molecule has 1 aliphatic heterocycles. The Kier molecular flexibility index (Phi) is 5.30. The van der Waals surface area contributed by atoms with Gasteiger partial charge >= 0.3 is 0 Å². The van der Waals surface area contributed by atoms with Crippen LogP contribution in [0.5, 0.6) is 11.5 Å². The van der Waals surface area contributed by atoms with E-state index < -0.39 is 0 Å². The van der Waals surface area contributed by atoms with Crippen molar-refractivity contribution in [1.29, 1.82) is 0 Å². The number of nitrogens with one attached hydrogen (secondary N) is 1. The molecule has 0 fully saturated rings. The zero-order valence-corrected chi connectivity index (χ0v) is 17.4. The number of carbonyl (C=O) groups excluding carboxylic acids is 2. The maximum atomic E-state index is 13.0. The van der Waals surface area contributed by atoms with E-state index in [0.29, 0.717) is 35.7 Å². The summed E-state index contributed by atoms with van der Waals surface area (Å²) in [6, 6.07) is 29.8. The van der Waals surface area contributed by atoms with Crippen molar-refractivity contribution < 1.29 is 14.3 Å². The van der Waals surface area contributed by atoms with Crippen molar-refractivity contribution >= 4 is 17.4 Å². The fourth-order valence-electron chi connectivity index (χ4n) is 4.10. The van der Waals surface area contributed by atoms with Crippen LogP contribution in [0.25, 0.3) is 0 Å². The van der Waals surface area contributed by atoms with Crippen LogP contribution in [-0.4, -0.2) is 16.3 Å². The minimum absolute atomic E-state index is 0.0214. The van der Waals surface area contributed by atoms with E-state index in [1.54, 1.807) is 0 Å². The minimum atomic E-state index is -0.285. The number of fused-ring (bicyclic) bond motifs is 1. The highest BCUT2D eigenvalue weighted by Gasteiger charge is 2.32. The Labute approximate surface area is 186 Å². The van der Waals surface area contributed by atoms with Crippen LogP contribution in [0.3, 0.4) is 0 Å². The molecule has 1 aromatic heterocycles. The number of hydrogen-bond donors (Lipinski definition) is 1. The Bertz CT molecular complexity index is 1250. The summed E-state index contributed by atoms with van der Waals surface area (Å²) in [6.45, 7) is 0.651. The lowest BCUT2D eigenvalue weighted by Crippen LogP contribution is -2.19. The van der Waals surface area contributed by atoms with Gasteiger partial charge < -0.3 is 14.6 Å². The number of para-hydroxylation sites is 1. The molecule has 0 bridgehead atoms. The van der Waals surface area contributed by atoms with E-state index in [0.717, 1.165) is 11.4 Å². The molecule has 1 unspecified atom stereocenters. The quantitative estimate of drug-likeness (QED) is 0.409. The number of benzene rings is 3. The second-order valence-corrected chi connectivity index (χ2v) is 7.76. The number of nitrogens with zero attached hydrogens (tertiary/aromatic N) is 1. The fourth-order valence-corrected chi connectivity index (χ4v) is 4.10. The van der Waals surface area contributed by atoms with E-state index in [1.165, 1.54) is 0 Å². The summed E-state index contributed by atoms with van der Waals surface area (Å²) in [5, 5.41) is 2.99. The maximum absolute atomic E-state index is 13.0. The van der Waals surface area contributed by atoms with E-state index in [4.69, 9.17) is 4.74 Å². The van der Waals surface area contributed by atoms with Crippen molar-refractivity contribution in [3.63, 3.8) is 0 Å². The van der Waals surface area contributed by atoms with Crippen molar-refractivity contribution in [2.45, 2.75) is 18.9 Å². The average Bonchev–Trinajstić information content (AvgIpc) is 3.44. The molecule has 2 heterocycles. The Balaban J connectivity index is 1.27. The van der Waals surface area contributed by atoms with Crippen molar-refractivity contribution in [1.82, 2.24) is 4.57 Å². The van der Waals surface area contributed by atoms with Gasteiger partial charge in [-0.25, -0.2) is 0 Å². The third kappa shape index (κ3) is 3.93. The summed E-state index contributed by atoms with van der Waals surface area (Å²) in [4.78, 5) is 25.8. The van der Waals surface area contributed by atoms with E-state index in [2.05, 4.69) is 5.32 Å². The minimum Gasteiger partial charge on any atom is -0.457 e. The van der Waals surface area contributed by atoms with Gasteiger partial charge in [-0.2, -0.15) is 0 Å². The average molecular weight is 422 g/mol. The zero-order valence-electron chi connectivity index (χ0n) is 17.4. The lowest BCUT2D eigenvalue weighted by molar-refractivity contribution is -0.117. The van der Waals surface area contributed by atoms with Gasteiger partial charge in [0.2, 0.25) is 11.7 Å². The van der Waals surface area contributed by atoms with Gasteiger partial charge in [-0.05, 0) is 55.0 Å². The highest BCUT2D eigenvalue weighted by molar-refractivity contribution is 6.08. The van der Waals surface area contributed by atoms with Crippen LogP contribution < -0.4 is 10.1 Å². The van der Waals surface area contributed by atoms with Gasteiger partial charge in [0, 0.05) is 23.5 Å². The van der Waals surface area contributed by atoms with Gasteiger partial charge in [-0.1, -0.05) is 48.5 Å². The first-order valence-corrected chi connectivity index (χ1v) is 10.6.